The van der Waals surface area contributed by atoms with Gasteiger partial charge in [0.1, 0.15) is 11.5 Å². The number of carbonyl (C=O) groups excluding carboxylic acids is 1. The van der Waals surface area contributed by atoms with E-state index in [0.717, 1.165) is 17.7 Å². The molecule has 0 bridgehead atoms. The van der Waals surface area contributed by atoms with Crippen molar-refractivity contribution < 1.29 is 14.3 Å². The van der Waals surface area contributed by atoms with Gasteiger partial charge >= 0.3 is 5.97 Å². The van der Waals surface area contributed by atoms with Crippen LogP contribution >= 0.6 is 0 Å². The Morgan fingerprint density at radius 1 is 0.920 bits per heavy atom. The van der Waals surface area contributed by atoms with Crippen molar-refractivity contribution in [3.63, 3.8) is 0 Å². The van der Waals surface area contributed by atoms with Crippen LogP contribution in [-0.2, 0) is 6.42 Å². The molecule has 0 fully saturated rings. The lowest BCUT2D eigenvalue weighted by Crippen LogP contribution is -2.08. The smallest absolute Gasteiger partial charge is 0.343 e. The van der Waals surface area contributed by atoms with Crippen LogP contribution in [0.3, 0.4) is 0 Å². The summed E-state index contributed by atoms with van der Waals surface area (Å²) < 4.78 is 10.4. The normalized spacial score (nSPS) is 10.3. The van der Waals surface area contributed by atoms with Crippen molar-refractivity contribution in [3.8, 4) is 22.8 Å². The Kier molecular flexibility index (Phi) is 5.09. The molecule has 0 aliphatic heterocycles. The van der Waals surface area contributed by atoms with Crippen molar-refractivity contribution in [2.45, 2.75) is 13.3 Å². The van der Waals surface area contributed by atoms with Crippen LogP contribution in [0.5, 0.6) is 11.5 Å². The molecule has 0 aliphatic carbocycles. The first-order chi connectivity index (χ1) is 12.2. The summed E-state index contributed by atoms with van der Waals surface area (Å²) in [5, 5.41) is 0. The summed E-state index contributed by atoms with van der Waals surface area (Å²) in [5.74, 6) is 0.795. The van der Waals surface area contributed by atoms with Gasteiger partial charge in [-0.2, -0.15) is 0 Å². The Balaban J connectivity index is 1.71. The van der Waals surface area contributed by atoms with E-state index in [1.807, 2.05) is 24.4 Å². The first-order valence-electron chi connectivity index (χ1n) is 8.11. The van der Waals surface area contributed by atoms with Crippen LogP contribution in [0.25, 0.3) is 11.3 Å². The predicted octanol–water partition coefficient (Wildman–Crippen LogP) is 4.54. The predicted molar refractivity (Wildman–Crippen MR) is 97.0 cm³/mol. The molecule has 126 valence electrons. The number of benzene rings is 2. The molecule has 0 unspecified atom stereocenters. The average Bonchev–Trinajstić information content (AvgIpc) is 2.69. The van der Waals surface area contributed by atoms with Gasteiger partial charge in [0, 0.05) is 11.8 Å². The number of ether oxygens (including phenoxy) is 2. The van der Waals surface area contributed by atoms with E-state index in [0.29, 0.717) is 17.1 Å². The molecule has 2 aromatic carbocycles. The second kappa shape index (κ2) is 7.62. The first-order valence-corrected chi connectivity index (χ1v) is 8.11. The number of aromatic nitrogens is 1. The summed E-state index contributed by atoms with van der Waals surface area (Å²) in [6.45, 7) is 2.10. The van der Waals surface area contributed by atoms with E-state index < -0.39 is 5.97 Å². The molecular formula is C21H19NO3. The third-order valence-electron chi connectivity index (χ3n) is 3.92. The van der Waals surface area contributed by atoms with Crippen molar-refractivity contribution in [1.29, 1.82) is 0 Å². The van der Waals surface area contributed by atoms with Gasteiger partial charge in [0.25, 0.3) is 0 Å². The minimum absolute atomic E-state index is 0.397. The quantitative estimate of drug-likeness (QED) is 0.508. The third kappa shape index (κ3) is 4.04. The minimum Gasteiger partial charge on any atom is -0.497 e. The average molecular weight is 333 g/mol. The number of hydrogen-bond donors (Lipinski definition) is 0. The van der Waals surface area contributed by atoms with Crippen LogP contribution < -0.4 is 9.47 Å². The Morgan fingerprint density at radius 2 is 1.60 bits per heavy atom. The van der Waals surface area contributed by atoms with Crippen LogP contribution in [0.15, 0.2) is 66.9 Å². The zero-order chi connectivity index (χ0) is 17.6. The van der Waals surface area contributed by atoms with E-state index >= 15 is 0 Å². The van der Waals surface area contributed by atoms with Gasteiger partial charge in [0.05, 0.1) is 18.4 Å². The van der Waals surface area contributed by atoms with E-state index in [9.17, 15) is 4.79 Å². The Labute approximate surface area is 147 Å². The molecule has 3 aromatic rings. The number of methoxy groups -OCH3 is 1. The Bertz CT molecular complexity index is 838. The molecule has 3 rings (SSSR count). The zero-order valence-corrected chi connectivity index (χ0v) is 14.2. The fourth-order valence-electron chi connectivity index (χ4n) is 2.39. The third-order valence-corrected chi connectivity index (χ3v) is 3.92. The van der Waals surface area contributed by atoms with E-state index in [-0.39, 0.29) is 0 Å². The molecule has 0 radical (unpaired) electrons. The largest absolute Gasteiger partial charge is 0.497 e. The molecule has 4 nitrogen and oxygen atoms in total. The van der Waals surface area contributed by atoms with Gasteiger partial charge in [-0.15, -0.1) is 0 Å². The van der Waals surface area contributed by atoms with Gasteiger partial charge in [-0.1, -0.05) is 25.1 Å². The maximum absolute atomic E-state index is 12.2. The summed E-state index contributed by atoms with van der Waals surface area (Å²) in [6, 6.07) is 18.2. The molecule has 0 atom stereocenters. The van der Waals surface area contributed by atoms with Gasteiger partial charge < -0.3 is 9.47 Å². The van der Waals surface area contributed by atoms with E-state index in [2.05, 4.69) is 18.0 Å². The van der Waals surface area contributed by atoms with Gasteiger partial charge in [-0.3, -0.25) is 4.98 Å². The maximum atomic E-state index is 12.2. The number of esters is 1. The van der Waals surface area contributed by atoms with E-state index in [4.69, 9.17) is 9.47 Å². The van der Waals surface area contributed by atoms with Crippen LogP contribution in [0.2, 0.25) is 0 Å². The summed E-state index contributed by atoms with van der Waals surface area (Å²) >= 11 is 0. The summed E-state index contributed by atoms with van der Waals surface area (Å²) in [6.07, 6.45) is 2.84. The number of rotatable bonds is 5. The van der Waals surface area contributed by atoms with Crippen LogP contribution in [0, 0.1) is 0 Å². The zero-order valence-electron chi connectivity index (χ0n) is 14.2. The van der Waals surface area contributed by atoms with Crippen molar-refractivity contribution in [1.82, 2.24) is 4.98 Å². The molecule has 0 saturated carbocycles. The lowest BCUT2D eigenvalue weighted by Gasteiger charge is -2.07. The van der Waals surface area contributed by atoms with Gasteiger partial charge in [-0.25, -0.2) is 4.79 Å². The molecule has 0 amide bonds. The molecule has 1 aromatic heterocycles. The lowest BCUT2D eigenvalue weighted by molar-refractivity contribution is 0.0734. The van der Waals surface area contributed by atoms with Gasteiger partial charge in [0.2, 0.25) is 0 Å². The Morgan fingerprint density at radius 3 is 2.16 bits per heavy atom. The van der Waals surface area contributed by atoms with Crippen LogP contribution in [-0.4, -0.2) is 18.1 Å². The molecule has 0 spiro atoms. The summed E-state index contributed by atoms with van der Waals surface area (Å²) in [7, 11) is 1.59. The van der Waals surface area contributed by atoms with E-state index in [1.165, 1.54) is 5.56 Å². The molecule has 4 heteroatoms. The standard InChI is InChI=1S/C21H19NO3/c1-3-15-4-13-20(22-14-15)16-5-7-17(8-6-16)21(23)25-19-11-9-18(24-2)10-12-19/h4-14H,3H2,1-2H3. The first kappa shape index (κ1) is 16.7. The number of aryl methyl sites for hydroxylation is 1. The minimum atomic E-state index is -0.397. The number of carbonyl (C=O) groups is 1. The lowest BCUT2D eigenvalue weighted by atomic mass is 10.1. The summed E-state index contributed by atoms with van der Waals surface area (Å²) in [4.78, 5) is 16.7. The number of pyridine rings is 1. The second-order valence-corrected chi connectivity index (χ2v) is 5.55. The molecule has 0 aliphatic rings. The van der Waals surface area contributed by atoms with Crippen LogP contribution in [0.1, 0.15) is 22.8 Å². The SMILES string of the molecule is CCc1ccc(-c2ccc(C(=O)Oc3ccc(OC)cc3)cc2)nc1. The van der Waals surface area contributed by atoms with Crippen molar-refractivity contribution in [2.75, 3.05) is 7.11 Å². The fourth-order valence-corrected chi connectivity index (χ4v) is 2.39. The van der Waals surface area contributed by atoms with Crippen LogP contribution in [0.4, 0.5) is 0 Å². The van der Waals surface area contributed by atoms with Crippen molar-refractivity contribution in [2.24, 2.45) is 0 Å². The van der Waals surface area contributed by atoms with Crippen molar-refractivity contribution >= 4 is 5.97 Å². The second-order valence-electron chi connectivity index (χ2n) is 5.55. The molecular weight excluding hydrogens is 314 g/mol. The topological polar surface area (TPSA) is 48.4 Å². The molecule has 0 N–H and O–H groups in total. The highest BCUT2D eigenvalue weighted by Gasteiger charge is 2.09. The Hall–Kier alpha value is -3.14. The monoisotopic (exact) mass is 333 g/mol. The van der Waals surface area contributed by atoms with Gasteiger partial charge in [-0.05, 0) is 54.4 Å². The molecule has 25 heavy (non-hydrogen) atoms. The number of hydrogen-bond acceptors (Lipinski definition) is 4. The number of nitrogens with zero attached hydrogens (tertiary/aromatic N) is 1. The highest BCUT2D eigenvalue weighted by Crippen LogP contribution is 2.20. The maximum Gasteiger partial charge on any atom is 0.343 e. The van der Waals surface area contributed by atoms with Crippen molar-refractivity contribution in [3.05, 3.63) is 78.0 Å². The summed E-state index contributed by atoms with van der Waals surface area (Å²) in [5.41, 5.74) is 3.53. The van der Waals surface area contributed by atoms with Gasteiger partial charge in [0.15, 0.2) is 0 Å². The highest BCUT2D eigenvalue weighted by molar-refractivity contribution is 5.91. The highest BCUT2D eigenvalue weighted by atomic mass is 16.5. The fraction of sp³-hybridized carbons (Fsp3) is 0.143. The molecule has 1 heterocycles. The molecule has 0 saturated heterocycles. The van der Waals surface area contributed by atoms with E-state index in [1.54, 1.807) is 43.5 Å².